The van der Waals surface area contributed by atoms with E-state index >= 15 is 0 Å². The Morgan fingerprint density at radius 2 is 1.88 bits per heavy atom. The minimum absolute atomic E-state index is 0.159. The van der Waals surface area contributed by atoms with Crippen molar-refractivity contribution in [3.8, 4) is 5.75 Å². The lowest BCUT2D eigenvalue weighted by molar-refractivity contribution is -0.134. The number of pyridine rings is 1. The van der Waals surface area contributed by atoms with Gasteiger partial charge < -0.3 is 14.5 Å². The molecule has 1 atom stereocenters. The summed E-state index contributed by atoms with van der Waals surface area (Å²) < 4.78 is 5.31. The first-order chi connectivity index (χ1) is 15.5. The van der Waals surface area contributed by atoms with Gasteiger partial charge in [0.2, 0.25) is 5.91 Å². The van der Waals surface area contributed by atoms with Gasteiger partial charge in [0.25, 0.3) is 0 Å². The third-order valence-electron chi connectivity index (χ3n) is 6.80. The number of hydrogen-bond donors (Lipinski definition) is 0. The van der Waals surface area contributed by atoms with Crippen LogP contribution in [-0.2, 0) is 11.2 Å². The standard InChI is InChI=1S/C27H33N3O2/c1-20(21-7-8-23-19-26(32-3)10-9-22(23)18-21)27(31)29(2)25-12-16-30(17-13-25)15-11-24-6-4-5-14-28-24/h4-10,14,18-20,25H,11-13,15-17H2,1-3H3/t20-/m0/s1. The van der Waals surface area contributed by atoms with Gasteiger partial charge in [0, 0.05) is 51.0 Å². The molecule has 0 saturated carbocycles. The monoisotopic (exact) mass is 431 g/mol. The second kappa shape index (κ2) is 10.1. The van der Waals surface area contributed by atoms with E-state index < -0.39 is 0 Å². The highest BCUT2D eigenvalue weighted by Crippen LogP contribution is 2.27. The molecule has 0 spiro atoms. The summed E-state index contributed by atoms with van der Waals surface area (Å²) in [5, 5.41) is 2.26. The van der Waals surface area contributed by atoms with E-state index in [9.17, 15) is 4.79 Å². The van der Waals surface area contributed by atoms with Gasteiger partial charge >= 0.3 is 0 Å². The van der Waals surface area contributed by atoms with Crippen molar-refractivity contribution >= 4 is 16.7 Å². The van der Waals surface area contributed by atoms with Gasteiger partial charge in [-0.1, -0.05) is 30.3 Å². The molecule has 0 aliphatic carbocycles. The Hall–Kier alpha value is -2.92. The van der Waals surface area contributed by atoms with E-state index in [1.165, 1.54) is 0 Å². The van der Waals surface area contributed by atoms with Gasteiger partial charge in [-0.05, 0) is 60.4 Å². The number of ether oxygens (including phenoxy) is 1. The fraction of sp³-hybridized carbons (Fsp3) is 0.407. The van der Waals surface area contributed by atoms with E-state index in [2.05, 4.69) is 40.2 Å². The van der Waals surface area contributed by atoms with Crippen molar-refractivity contribution in [3.63, 3.8) is 0 Å². The summed E-state index contributed by atoms with van der Waals surface area (Å²) in [4.78, 5) is 22.2. The fourth-order valence-electron chi connectivity index (χ4n) is 4.62. The maximum Gasteiger partial charge on any atom is 0.229 e. The zero-order valence-electron chi connectivity index (χ0n) is 19.3. The van der Waals surface area contributed by atoms with Crippen LogP contribution in [0.15, 0.2) is 60.8 Å². The second-order valence-electron chi connectivity index (χ2n) is 8.79. The molecule has 0 unspecified atom stereocenters. The zero-order chi connectivity index (χ0) is 22.5. The van der Waals surface area contributed by atoms with Gasteiger partial charge in [-0.15, -0.1) is 0 Å². The van der Waals surface area contributed by atoms with Gasteiger partial charge in [-0.3, -0.25) is 9.78 Å². The summed E-state index contributed by atoms with van der Waals surface area (Å²) in [5.74, 6) is 0.888. The molecule has 2 heterocycles. The molecule has 4 rings (SSSR count). The average molecular weight is 432 g/mol. The summed E-state index contributed by atoms with van der Waals surface area (Å²) in [6.45, 7) is 5.10. The van der Waals surface area contributed by atoms with Crippen LogP contribution in [0.25, 0.3) is 10.8 Å². The van der Waals surface area contributed by atoms with Crippen LogP contribution < -0.4 is 4.74 Å². The third-order valence-corrected chi connectivity index (χ3v) is 6.80. The maximum absolute atomic E-state index is 13.3. The minimum atomic E-state index is -0.159. The first kappa shape index (κ1) is 22.3. The Morgan fingerprint density at radius 1 is 1.12 bits per heavy atom. The van der Waals surface area contributed by atoms with E-state index in [1.807, 2.05) is 49.3 Å². The lowest BCUT2D eigenvalue weighted by atomic mass is 9.95. The molecule has 3 aromatic rings. The highest BCUT2D eigenvalue weighted by molar-refractivity contribution is 5.88. The zero-order valence-corrected chi connectivity index (χ0v) is 19.3. The largest absolute Gasteiger partial charge is 0.497 e. The molecule has 32 heavy (non-hydrogen) atoms. The van der Waals surface area contributed by atoms with Crippen molar-refractivity contribution in [2.45, 2.75) is 38.1 Å². The number of nitrogens with zero attached hydrogens (tertiary/aromatic N) is 3. The number of benzene rings is 2. The van der Waals surface area contributed by atoms with Crippen molar-refractivity contribution in [1.82, 2.24) is 14.8 Å². The van der Waals surface area contributed by atoms with Gasteiger partial charge in [-0.2, -0.15) is 0 Å². The van der Waals surface area contributed by atoms with Crippen molar-refractivity contribution in [2.24, 2.45) is 0 Å². The first-order valence-electron chi connectivity index (χ1n) is 11.5. The van der Waals surface area contributed by atoms with Crippen LogP contribution in [-0.4, -0.2) is 60.5 Å². The van der Waals surface area contributed by atoms with Crippen molar-refractivity contribution < 1.29 is 9.53 Å². The second-order valence-corrected chi connectivity index (χ2v) is 8.79. The highest BCUT2D eigenvalue weighted by atomic mass is 16.5. The summed E-state index contributed by atoms with van der Waals surface area (Å²) in [5.41, 5.74) is 2.21. The third kappa shape index (κ3) is 5.10. The number of rotatable bonds is 7. The van der Waals surface area contributed by atoms with Gasteiger partial charge in [-0.25, -0.2) is 0 Å². The van der Waals surface area contributed by atoms with Crippen LogP contribution in [0.2, 0.25) is 0 Å². The van der Waals surface area contributed by atoms with Gasteiger partial charge in [0.1, 0.15) is 5.75 Å². The Kier molecular flexibility index (Phi) is 7.05. The number of likely N-dealkylation sites (tertiary alicyclic amines) is 1. The number of piperidine rings is 1. The smallest absolute Gasteiger partial charge is 0.229 e. The number of amides is 1. The van der Waals surface area contributed by atoms with Gasteiger partial charge in [0.15, 0.2) is 0 Å². The first-order valence-corrected chi connectivity index (χ1v) is 11.5. The molecular formula is C27H33N3O2. The maximum atomic E-state index is 13.3. The Labute approximate surface area is 191 Å². The van der Waals surface area contributed by atoms with Crippen molar-refractivity contribution in [2.75, 3.05) is 33.8 Å². The molecule has 1 aliphatic heterocycles. The summed E-state index contributed by atoms with van der Waals surface area (Å²) >= 11 is 0. The molecule has 5 nitrogen and oxygen atoms in total. The molecule has 2 aromatic carbocycles. The molecule has 0 bridgehead atoms. The van der Waals surface area contributed by atoms with Crippen LogP contribution >= 0.6 is 0 Å². The van der Waals surface area contributed by atoms with Crippen LogP contribution in [0.5, 0.6) is 5.75 Å². The SMILES string of the molecule is COc1ccc2cc([C@H](C)C(=O)N(C)C3CCN(CCc4ccccn4)CC3)ccc2c1. The van der Waals surface area contributed by atoms with E-state index in [0.29, 0.717) is 6.04 Å². The number of carbonyl (C=O) groups is 1. The van der Waals surface area contributed by atoms with Crippen molar-refractivity contribution in [3.05, 3.63) is 72.1 Å². The molecule has 168 valence electrons. The molecule has 1 fully saturated rings. The topological polar surface area (TPSA) is 45.7 Å². The summed E-state index contributed by atoms with van der Waals surface area (Å²) in [6.07, 6.45) is 4.88. The summed E-state index contributed by atoms with van der Waals surface area (Å²) in [6, 6.07) is 18.7. The van der Waals surface area contributed by atoms with Crippen molar-refractivity contribution in [1.29, 1.82) is 0 Å². The van der Waals surface area contributed by atoms with Crippen LogP contribution in [0.1, 0.15) is 36.9 Å². The average Bonchev–Trinajstić information content (AvgIpc) is 2.86. The number of methoxy groups -OCH3 is 1. The minimum Gasteiger partial charge on any atom is -0.497 e. The van der Waals surface area contributed by atoms with E-state index in [4.69, 9.17) is 4.74 Å². The number of hydrogen-bond acceptors (Lipinski definition) is 4. The van der Waals surface area contributed by atoms with Crippen LogP contribution in [0.4, 0.5) is 0 Å². The molecular weight excluding hydrogens is 398 g/mol. The molecule has 1 amide bonds. The number of likely N-dealkylation sites (N-methyl/N-ethyl adjacent to an activating group) is 1. The van der Waals surface area contributed by atoms with Crippen LogP contribution in [0.3, 0.4) is 0 Å². The summed E-state index contributed by atoms with van der Waals surface area (Å²) in [7, 11) is 3.65. The normalized spacial score (nSPS) is 16.1. The quantitative estimate of drug-likeness (QED) is 0.552. The Balaban J connectivity index is 1.32. The molecule has 1 aliphatic rings. The predicted octanol–water partition coefficient (Wildman–Crippen LogP) is 4.51. The molecule has 0 radical (unpaired) electrons. The molecule has 5 heteroatoms. The Morgan fingerprint density at radius 3 is 2.59 bits per heavy atom. The van der Waals surface area contributed by atoms with E-state index in [1.54, 1.807) is 7.11 Å². The molecule has 0 N–H and O–H groups in total. The van der Waals surface area contributed by atoms with Gasteiger partial charge in [0.05, 0.1) is 13.0 Å². The lowest BCUT2D eigenvalue weighted by Gasteiger charge is -2.37. The Bertz CT molecular complexity index is 1050. The number of carbonyl (C=O) groups excluding carboxylic acids is 1. The number of aromatic nitrogens is 1. The predicted molar refractivity (Wildman–Crippen MR) is 129 cm³/mol. The molecule has 1 saturated heterocycles. The van der Waals surface area contributed by atoms with Crippen LogP contribution in [0, 0.1) is 0 Å². The lowest BCUT2D eigenvalue weighted by Crippen LogP contribution is -2.47. The highest BCUT2D eigenvalue weighted by Gasteiger charge is 2.28. The van der Waals surface area contributed by atoms with E-state index in [-0.39, 0.29) is 11.8 Å². The molecule has 1 aromatic heterocycles. The van der Waals surface area contributed by atoms with E-state index in [0.717, 1.165) is 66.7 Å². The number of fused-ring (bicyclic) bond motifs is 1. The fourth-order valence-corrected chi connectivity index (χ4v) is 4.62.